The zero-order valence-corrected chi connectivity index (χ0v) is 13.1. The molecule has 0 bridgehead atoms. The number of amides is 1. The highest BCUT2D eigenvalue weighted by Crippen LogP contribution is 2.32. The summed E-state index contributed by atoms with van der Waals surface area (Å²) in [6, 6.07) is 9.74. The van der Waals surface area contributed by atoms with Crippen molar-refractivity contribution in [2.75, 3.05) is 19.8 Å². The van der Waals surface area contributed by atoms with E-state index < -0.39 is 0 Å². The van der Waals surface area contributed by atoms with Gasteiger partial charge >= 0.3 is 0 Å². The monoisotopic (exact) mass is 324 g/mol. The number of benzene rings is 2. The fraction of sp³-hybridized carbons (Fsp3) is 0.133. The van der Waals surface area contributed by atoms with Crippen molar-refractivity contribution in [1.82, 2.24) is 4.90 Å². The number of hydrogen-bond acceptors (Lipinski definition) is 3. The number of carbonyl (C=O) groups is 1. The van der Waals surface area contributed by atoms with Crippen LogP contribution in [-0.2, 0) is 0 Å². The molecule has 2 N–H and O–H groups in total. The van der Waals surface area contributed by atoms with Crippen molar-refractivity contribution < 1.29 is 9.53 Å². The van der Waals surface area contributed by atoms with E-state index in [9.17, 15) is 4.79 Å². The molecule has 2 aromatic carbocycles. The SMILES string of the molecule is CN(C)C(=O)c1ccc(Oc2cc(Cl)cc(Cl)c2)c(N)c1. The lowest BCUT2D eigenvalue weighted by Crippen LogP contribution is -2.21. The standard InChI is InChI=1S/C15H14Cl2N2O2/c1-19(2)15(20)9-3-4-14(13(18)5-9)21-12-7-10(16)6-11(17)8-12/h3-8H,18H2,1-2H3. The third-order valence-corrected chi connectivity index (χ3v) is 3.16. The van der Waals surface area contributed by atoms with E-state index in [2.05, 4.69) is 0 Å². The highest BCUT2D eigenvalue weighted by Gasteiger charge is 2.11. The van der Waals surface area contributed by atoms with E-state index >= 15 is 0 Å². The molecule has 0 unspecified atom stereocenters. The molecule has 0 saturated heterocycles. The Hall–Kier alpha value is -1.91. The second-order valence-corrected chi connectivity index (χ2v) is 5.53. The van der Waals surface area contributed by atoms with Gasteiger partial charge in [-0.25, -0.2) is 0 Å². The van der Waals surface area contributed by atoms with Crippen LogP contribution in [0.4, 0.5) is 5.69 Å². The zero-order chi connectivity index (χ0) is 15.6. The van der Waals surface area contributed by atoms with Crippen molar-refractivity contribution in [3.05, 3.63) is 52.0 Å². The molecule has 0 heterocycles. The summed E-state index contributed by atoms with van der Waals surface area (Å²) >= 11 is 11.8. The Balaban J connectivity index is 2.27. The van der Waals surface area contributed by atoms with Crippen LogP contribution in [0.25, 0.3) is 0 Å². The summed E-state index contributed by atoms with van der Waals surface area (Å²) in [5.74, 6) is 0.786. The van der Waals surface area contributed by atoms with Crippen LogP contribution in [0.1, 0.15) is 10.4 Å². The maximum absolute atomic E-state index is 11.9. The lowest BCUT2D eigenvalue weighted by Gasteiger charge is -2.13. The van der Waals surface area contributed by atoms with E-state index in [-0.39, 0.29) is 5.91 Å². The Bertz CT molecular complexity index is 667. The van der Waals surface area contributed by atoms with Crippen molar-refractivity contribution in [2.24, 2.45) is 0 Å². The number of carbonyl (C=O) groups excluding carboxylic acids is 1. The van der Waals surface area contributed by atoms with Gasteiger partial charge in [-0.05, 0) is 36.4 Å². The number of anilines is 1. The Kier molecular flexibility index (Phi) is 4.60. The minimum absolute atomic E-state index is 0.126. The number of halogens is 2. The van der Waals surface area contributed by atoms with Crippen LogP contribution >= 0.6 is 23.2 Å². The van der Waals surface area contributed by atoms with Crippen molar-refractivity contribution in [1.29, 1.82) is 0 Å². The summed E-state index contributed by atoms with van der Waals surface area (Å²) in [6.45, 7) is 0. The maximum Gasteiger partial charge on any atom is 0.253 e. The average Bonchev–Trinajstić information content (AvgIpc) is 2.39. The summed E-state index contributed by atoms with van der Waals surface area (Å²) < 4.78 is 5.65. The van der Waals surface area contributed by atoms with Gasteiger partial charge in [-0.1, -0.05) is 23.2 Å². The number of nitrogens with zero attached hydrogens (tertiary/aromatic N) is 1. The quantitative estimate of drug-likeness (QED) is 0.866. The van der Waals surface area contributed by atoms with Gasteiger partial charge in [0.2, 0.25) is 0 Å². The first kappa shape index (κ1) is 15.5. The lowest BCUT2D eigenvalue weighted by molar-refractivity contribution is 0.0827. The molecule has 4 nitrogen and oxygen atoms in total. The fourth-order valence-corrected chi connectivity index (χ4v) is 2.25. The number of nitrogens with two attached hydrogens (primary N) is 1. The molecule has 0 spiro atoms. The Morgan fingerprint density at radius 2 is 1.71 bits per heavy atom. The molecule has 0 saturated carbocycles. The number of ether oxygens (including phenoxy) is 1. The van der Waals surface area contributed by atoms with Crippen LogP contribution in [0.5, 0.6) is 11.5 Å². The first-order chi connectivity index (χ1) is 9.86. The van der Waals surface area contributed by atoms with E-state index in [1.807, 2.05) is 0 Å². The van der Waals surface area contributed by atoms with Gasteiger partial charge in [0.05, 0.1) is 5.69 Å². The molecule has 0 aromatic heterocycles. The van der Waals surface area contributed by atoms with Gasteiger partial charge in [-0.3, -0.25) is 4.79 Å². The molecule has 0 aliphatic heterocycles. The Morgan fingerprint density at radius 1 is 1.10 bits per heavy atom. The van der Waals surface area contributed by atoms with Crippen molar-refractivity contribution >= 4 is 34.8 Å². The normalized spacial score (nSPS) is 10.3. The third-order valence-electron chi connectivity index (χ3n) is 2.73. The molecule has 110 valence electrons. The van der Waals surface area contributed by atoms with Crippen LogP contribution in [0, 0.1) is 0 Å². The highest BCUT2D eigenvalue weighted by atomic mass is 35.5. The van der Waals surface area contributed by atoms with E-state index in [0.29, 0.717) is 32.8 Å². The van der Waals surface area contributed by atoms with Crippen molar-refractivity contribution in [2.45, 2.75) is 0 Å². The molecule has 1 amide bonds. The smallest absolute Gasteiger partial charge is 0.253 e. The molecule has 0 radical (unpaired) electrons. The van der Waals surface area contributed by atoms with E-state index in [4.69, 9.17) is 33.7 Å². The van der Waals surface area contributed by atoms with Crippen LogP contribution in [0.3, 0.4) is 0 Å². The van der Waals surface area contributed by atoms with Crippen LogP contribution in [0.2, 0.25) is 10.0 Å². The third kappa shape index (κ3) is 3.80. The summed E-state index contributed by atoms with van der Waals surface area (Å²) in [6.07, 6.45) is 0. The van der Waals surface area contributed by atoms with Gasteiger partial charge in [0.15, 0.2) is 0 Å². The summed E-state index contributed by atoms with van der Waals surface area (Å²) in [4.78, 5) is 13.3. The first-order valence-corrected chi connectivity index (χ1v) is 6.87. The van der Waals surface area contributed by atoms with Crippen molar-refractivity contribution in [3.63, 3.8) is 0 Å². The molecule has 21 heavy (non-hydrogen) atoms. The molecule has 0 aliphatic rings. The van der Waals surface area contributed by atoms with Gasteiger partial charge in [-0.15, -0.1) is 0 Å². The second-order valence-electron chi connectivity index (χ2n) is 4.66. The van der Waals surface area contributed by atoms with E-state index in [1.165, 1.54) is 4.90 Å². The van der Waals surface area contributed by atoms with Gasteiger partial charge in [0.1, 0.15) is 11.5 Å². The predicted octanol–water partition coefficient (Wildman–Crippen LogP) is 4.07. The maximum atomic E-state index is 11.9. The molecular weight excluding hydrogens is 311 g/mol. The van der Waals surface area contributed by atoms with Crippen LogP contribution in [0.15, 0.2) is 36.4 Å². The molecule has 0 aliphatic carbocycles. The second kappa shape index (κ2) is 6.24. The van der Waals surface area contributed by atoms with E-state index in [0.717, 1.165) is 0 Å². The molecule has 0 fully saturated rings. The molecule has 2 aromatic rings. The molecule has 0 atom stereocenters. The molecule has 2 rings (SSSR count). The number of rotatable bonds is 3. The van der Waals surface area contributed by atoms with E-state index in [1.54, 1.807) is 50.5 Å². The lowest BCUT2D eigenvalue weighted by atomic mass is 10.1. The van der Waals surface area contributed by atoms with Gasteiger partial charge < -0.3 is 15.4 Å². The molecular formula is C15H14Cl2N2O2. The number of hydrogen-bond donors (Lipinski definition) is 1. The van der Waals surface area contributed by atoms with Crippen LogP contribution in [-0.4, -0.2) is 24.9 Å². The van der Waals surface area contributed by atoms with Gasteiger partial charge in [0, 0.05) is 29.7 Å². The number of nitrogen functional groups attached to an aromatic ring is 1. The largest absolute Gasteiger partial charge is 0.455 e. The Labute approximate surface area is 133 Å². The molecule has 6 heteroatoms. The van der Waals surface area contributed by atoms with Crippen LogP contribution < -0.4 is 10.5 Å². The Morgan fingerprint density at radius 3 is 2.24 bits per heavy atom. The minimum Gasteiger partial charge on any atom is -0.455 e. The minimum atomic E-state index is -0.126. The van der Waals surface area contributed by atoms with Gasteiger partial charge in [-0.2, -0.15) is 0 Å². The van der Waals surface area contributed by atoms with Crippen molar-refractivity contribution in [3.8, 4) is 11.5 Å². The fourth-order valence-electron chi connectivity index (χ4n) is 1.75. The summed E-state index contributed by atoms with van der Waals surface area (Å²) in [7, 11) is 3.35. The summed E-state index contributed by atoms with van der Waals surface area (Å²) in [5, 5.41) is 0.936. The zero-order valence-electron chi connectivity index (χ0n) is 11.6. The predicted molar refractivity (Wildman–Crippen MR) is 85.4 cm³/mol. The van der Waals surface area contributed by atoms with Gasteiger partial charge in [0.25, 0.3) is 5.91 Å². The topological polar surface area (TPSA) is 55.6 Å². The summed E-state index contributed by atoms with van der Waals surface area (Å²) in [5.41, 5.74) is 6.78. The average molecular weight is 325 g/mol. The first-order valence-electron chi connectivity index (χ1n) is 6.12. The highest BCUT2D eigenvalue weighted by molar-refractivity contribution is 6.34.